The van der Waals surface area contributed by atoms with Crippen LogP contribution in [0.5, 0.6) is 0 Å². The summed E-state index contributed by atoms with van der Waals surface area (Å²) in [6.45, 7) is 0. The molecule has 3 aromatic carbocycles. The molecular weight excluding hydrogens is 540 g/mol. The molecule has 0 radical (unpaired) electrons. The number of aromatic nitrogens is 6. The zero-order chi connectivity index (χ0) is 29.0. The van der Waals surface area contributed by atoms with Crippen LogP contribution in [0.25, 0.3) is 77.8 Å². The van der Waals surface area contributed by atoms with Gasteiger partial charge >= 0.3 is 0 Å². The van der Waals surface area contributed by atoms with Crippen LogP contribution in [0.1, 0.15) is 0 Å². The molecule has 6 nitrogen and oxygen atoms in total. The van der Waals surface area contributed by atoms with Gasteiger partial charge in [0.25, 0.3) is 0 Å². The molecule has 206 valence electrons. The van der Waals surface area contributed by atoms with Crippen molar-refractivity contribution < 1.29 is 0 Å². The minimum atomic E-state index is 0.808. The van der Waals surface area contributed by atoms with E-state index in [0.717, 1.165) is 67.0 Å². The third-order valence-electron chi connectivity index (χ3n) is 8.35. The van der Waals surface area contributed by atoms with Gasteiger partial charge in [0, 0.05) is 45.7 Å². The van der Waals surface area contributed by atoms with Gasteiger partial charge in [0.1, 0.15) is 5.82 Å². The molecule has 6 aromatic heterocycles. The minimum Gasteiger partial charge on any atom is -0.307 e. The van der Waals surface area contributed by atoms with Gasteiger partial charge in [-0.1, -0.05) is 66.7 Å². The largest absolute Gasteiger partial charge is 0.307 e. The van der Waals surface area contributed by atoms with Crippen LogP contribution in [0.4, 0.5) is 0 Å². The molecule has 0 atom stereocenters. The maximum Gasteiger partial charge on any atom is 0.138 e. The summed E-state index contributed by atoms with van der Waals surface area (Å²) in [6.07, 6.45) is 7.55. The lowest BCUT2D eigenvalue weighted by molar-refractivity contribution is 1.07. The van der Waals surface area contributed by atoms with Crippen LogP contribution in [0.2, 0.25) is 0 Å². The second-order valence-electron chi connectivity index (χ2n) is 10.8. The molecular formula is C38H24N6. The standard InChI is InChI=1S/C38H24N6/c1-4-15-33-25(9-1)27-19-21-40-24-37(27)43(33)35-17-6-3-11-28(35)30-12-7-13-31(41-30)32-14-8-18-38(42-32)44-34-16-5-2-10-26(34)29-23-39-22-20-36(29)44/h1-24H. The van der Waals surface area contributed by atoms with Crippen LogP contribution in [0.3, 0.4) is 0 Å². The lowest BCUT2D eigenvalue weighted by Gasteiger charge is -2.14. The van der Waals surface area contributed by atoms with Crippen molar-refractivity contribution in [2.45, 2.75) is 0 Å². The number of para-hydroxylation sites is 3. The van der Waals surface area contributed by atoms with Crippen LogP contribution in [0, 0.1) is 0 Å². The first-order chi connectivity index (χ1) is 21.8. The van der Waals surface area contributed by atoms with Gasteiger partial charge < -0.3 is 4.57 Å². The molecule has 0 saturated carbocycles. The van der Waals surface area contributed by atoms with Gasteiger partial charge in [0.05, 0.1) is 51.0 Å². The van der Waals surface area contributed by atoms with Crippen LogP contribution < -0.4 is 0 Å². The third-order valence-corrected chi connectivity index (χ3v) is 8.35. The zero-order valence-electron chi connectivity index (χ0n) is 23.5. The van der Waals surface area contributed by atoms with Crippen LogP contribution >= 0.6 is 0 Å². The fourth-order valence-corrected chi connectivity index (χ4v) is 6.44. The summed E-state index contributed by atoms with van der Waals surface area (Å²) < 4.78 is 4.49. The second-order valence-corrected chi connectivity index (χ2v) is 10.8. The predicted molar refractivity (Wildman–Crippen MR) is 177 cm³/mol. The first kappa shape index (κ1) is 24.5. The Hall–Kier alpha value is -6.14. The lowest BCUT2D eigenvalue weighted by atomic mass is 10.1. The van der Waals surface area contributed by atoms with Crippen molar-refractivity contribution in [2.24, 2.45) is 0 Å². The number of pyridine rings is 4. The van der Waals surface area contributed by atoms with Crippen molar-refractivity contribution in [1.82, 2.24) is 29.1 Å². The van der Waals surface area contributed by atoms with Gasteiger partial charge in [-0.3, -0.25) is 14.5 Å². The molecule has 0 spiro atoms. The summed E-state index contributed by atoms with van der Waals surface area (Å²) >= 11 is 0. The van der Waals surface area contributed by atoms with Crippen molar-refractivity contribution in [1.29, 1.82) is 0 Å². The first-order valence-electron chi connectivity index (χ1n) is 14.6. The van der Waals surface area contributed by atoms with E-state index in [0.29, 0.717) is 0 Å². The molecule has 0 unspecified atom stereocenters. The number of hydrogen-bond donors (Lipinski definition) is 0. The number of nitrogens with zero attached hydrogens (tertiary/aromatic N) is 6. The molecule has 9 rings (SSSR count). The molecule has 6 heterocycles. The Bertz CT molecular complexity index is 2420. The second kappa shape index (κ2) is 9.71. The number of fused-ring (bicyclic) bond motifs is 6. The SMILES string of the molecule is c1cc(-c2cccc(-n3c4ccccc4c4cnccc43)n2)nc(-c2ccccc2-n2c3ccccc3c3ccncc32)c1. The highest BCUT2D eigenvalue weighted by Crippen LogP contribution is 2.36. The molecule has 0 saturated heterocycles. The lowest BCUT2D eigenvalue weighted by Crippen LogP contribution is -2.00. The van der Waals surface area contributed by atoms with Gasteiger partial charge in [0.2, 0.25) is 0 Å². The molecule has 0 N–H and O–H groups in total. The molecule has 0 fully saturated rings. The summed E-state index contributed by atoms with van der Waals surface area (Å²) in [6, 6.07) is 41.7. The molecule has 0 bridgehead atoms. The van der Waals surface area contributed by atoms with Crippen LogP contribution in [0.15, 0.2) is 146 Å². The topological polar surface area (TPSA) is 61.4 Å². The smallest absolute Gasteiger partial charge is 0.138 e. The first-order valence-corrected chi connectivity index (χ1v) is 14.6. The van der Waals surface area contributed by atoms with Crippen molar-refractivity contribution in [3.8, 4) is 34.2 Å². The summed E-state index contributed by atoms with van der Waals surface area (Å²) in [5, 5.41) is 4.63. The maximum atomic E-state index is 5.18. The van der Waals surface area contributed by atoms with Crippen LogP contribution in [-0.2, 0) is 0 Å². The van der Waals surface area contributed by atoms with E-state index >= 15 is 0 Å². The van der Waals surface area contributed by atoms with Gasteiger partial charge in [-0.05, 0) is 54.6 Å². The van der Waals surface area contributed by atoms with E-state index in [2.05, 4.69) is 110 Å². The molecule has 0 aliphatic carbocycles. The molecule has 9 aromatic rings. The van der Waals surface area contributed by atoms with Gasteiger partial charge in [-0.2, -0.15) is 0 Å². The van der Waals surface area contributed by atoms with E-state index in [4.69, 9.17) is 9.97 Å². The highest BCUT2D eigenvalue weighted by atomic mass is 15.1. The maximum absolute atomic E-state index is 5.18. The Labute approximate surface area is 252 Å². The number of benzene rings is 3. The van der Waals surface area contributed by atoms with Crippen molar-refractivity contribution in [3.05, 3.63) is 146 Å². The fourth-order valence-electron chi connectivity index (χ4n) is 6.44. The Morgan fingerprint density at radius 2 is 1.00 bits per heavy atom. The van der Waals surface area contributed by atoms with E-state index in [1.165, 1.54) is 10.8 Å². The summed E-state index contributed by atoms with van der Waals surface area (Å²) in [5.74, 6) is 0.838. The van der Waals surface area contributed by atoms with E-state index in [1.54, 1.807) is 0 Å². The van der Waals surface area contributed by atoms with Crippen molar-refractivity contribution in [2.75, 3.05) is 0 Å². The Morgan fingerprint density at radius 1 is 0.386 bits per heavy atom. The van der Waals surface area contributed by atoms with E-state index in [-0.39, 0.29) is 0 Å². The Morgan fingerprint density at radius 3 is 1.89 bits per heavy atom. The van der Waals surface area contributed by atoms with E-state index in [9.17, 15) is 0 Å². The average molecular weight is 565 g/mol. The quantitative estimate of drug-likeness (QED) is 0.214. The molecule has 0 aliphatic heterocycles. The fraction of sp³-hybridized carbons (Fsp3) is 0. The molecule has 6 heteroatoms. The van der Waals surface area contributed by atoms with Crippen molar-refractivity contribution >= 4 is 43.6 Å². The number of hydrogen-bond acceptors (Lipinski definition) is 4. The highest BCUT2D eigenvalue weighted by Gasteiger charge is 2.17. The zero-order valence-corrected chi connectivity index (χ0v) is 23.5. The van der Waals surface area contributed by atoms with E-state index in [1.807, 2.05) is 55.1 Å². The third kappa shape index (κ3) is 3.68. The van der Waals surface area contributed by atoms with Crippen LogP contribution in [-0.4, -0.2) is 29.1 Å². The monoisotopic (exact) mass is 564 g/mol. The van der Waals surface area contributed by atoms with Gasteiger partial charge in [-0.25, -0.2) is 9.97 Å². The van der Waals surface area contributed by atoms with Gasteiger partial charge in [-0.15, -0.1) is 0 Å². The summed E-state index contributed by atoms with van der Waals surface area (Å²) in [5.41, 5.74) is 8.95. The molecule has 44 heavy (non-hydrogen) atoms. The van der Waals surface area contributed by atoms with Crippen molar-refractivity contribution in [3.63, 3.8) is 0 Å². The normalized spacial score (nSPS) is 11.6. The average Bonchev–Trinajstić information content (AvgIpc) is 3.62. The summed E-state index contributed by atoms with van der Waals surface area (Å²) in [4.78, 5) is 19.2. The van der Waals surface area contributed by atoms with Gasteiger partial charge in [0.15, 0.2) is 0 Å². The highest BCUT2D eigenvalue weighted by molar-refractivity contribution is 6.10. The summed E-state index contributed by atoms with van der Waals surface area (Å²) in [7, 11) is 0. The Balaban J connectivity index is 1.20. The Kier molecular flexibility index (Phi) is 5.40. The van der Waals surface area contributed by atoms with E-state index < -0.39 is 0 Å². The predicted octanol–water partition coefficient (Wildman–Crippen LogP) is 8.79. The minimum absolute atomic E-state index is 0.808. The molecule has 0 aliphatic rings. The number of rotatable bonds is 4. The molecule has 0 amide bonds.